The van der Waals surface area contributed by atoms with Crippen molar-refractivity contribution >= 4 is 16.8 Å². The van der Waals surface area contributed by atoms with Gasteiger partial charge in [0.15, 0.2) is 5.43 Å². The number of ether oxygens (including phenoxy) is 2. The molecule has 0 fully saturated rings. The van der Waals surface area contributed by atoms with E-state index in [0.717, 1.165) is 11.3 Å². The maximum Gasteiger partial charge on any atom is 0.242 e. The maximum absolute atomic E-state index is 13.2. The van der Waals surface area contributed by atoms with Crippen molar-refractivity contribution in [2.75, 3.05) is 27.3 Å². The summed E-state index contributed by atoms with van der Waals surface area (Å²) < 4.78 is 12.4. The monoisotopic (exact) mass is 394 g/mol. The number of likely N-dealkylation sites (N-methyl/N-ethyl adjacent to an activating group) is 1. The number of carbonyl (C=O) groups excluding carboxylic acids is 1. The molecule has 1 amide bonds. The molecule has 0 aliphatic heterocycles. The first kappa shape index (κ1) is 20.5. The number of hydrogen-bond acceptors (Lipinski definition) is 4. The first-order chi connectivity index (χ1) is 14.0. The molecule has 0 saturated heterocycles. The number of carbonyl (C=O) groups is 1. The number of aromatic nitrogens is 1. The maximum atomic E-state index is 13.2. The molecule has 1 heterocycles. The normalized spacial score (nSPS) is 10.8. The Bertz CT molecular complexity index is 1070. The van der Waals surface area contributed by atoms with E-state index in [0.29, 0.717) is 35.3 Å². The lowest BCUT2D eigenvalue weighted by molar-refractivity contribution is -0.131. The lowest BCUT2D eigenvalue weighted by Gasteiger charge is -2.21. The summed E-state index contributed by atoms with van der Waals surface area (Å²) in [5.41, 5.74) is 1.90. The second-order valence-electron chi connectivity index (χ2n) is 6.68. The number of hydrogen-bond donors (Lipinski definition) is 0. The Balaban J connectivity index is 2.19. The van der Waals surface area contributed by atoms with Crippen molar-refractivity contribution in [1.29, 1.82) is 0 Å². The summed E-state index contributed by atoms with van der Waals surface area (Å²) >= 11 is 0. The van der Waals surface area contributed by atoms with Gasteiger partial charge in [-0.3, -0.25) is 9.59 Å². The van der Waals surface area contributed by atoms with Crippen molar-refractivity contribution in [2.24, 2.45) is 0 Å². The van der Waals surface area contributed by atoms with Gasteiger partial charge in [-0.15, -0.1) is 0 Å². The van der Waals surface area contributed by atoms with Gasteiger partial charge >= 0.3 is 0 Å². The standard InChI is InChI=1S/C23H26N2O4/c1-5-24(6-2)22(26)15-25-14-20(16-7-9-17(28-3)10-8-16)23(27)19-12-11-18(29-4)13-21(19)25/h7-14H,5-6,15H2,1-4H3. The van der Waals surface area contributed by atoms with E-state index in [2.05, 4.69) is 0 Å². The van der Waals surface area contributed by atoms with Gasteiger partial charge in [0.1, 0.15) is 18.0 Å². The van der Waals surface area contributed by atoms with Crippen LogP contribution >= 0.6 is 0 Å². The summed E-state index contributed by atoms with van der Waals surface area (Å²) in [5.74, 6) is 1.36. The molecule has 0 bridgehead atoms. The molecular formula is C23H26N2O4. The van der Waals surface area contributed by atoms with E-state index in [1.165, 1.54) is 0 Å². The Kier molecular flexibility index (Phi) is 6.22. The Morgan fingerprint density at radius 3 is 2.17 bits per heavy atom. The van der Waals surface area contributed by atoms with E-state index >= 15 is 0 Å². The van der Waals surface area contributed by atoms with Crippen molar-refractivity contribution in [1.82, 2.24) is 9.47 Å². The number of pyridine rings is 1. The van der Waals surface area contributed by atoms with Gasteiger partial charge in [-0.1, -0.05) is 12.1 Å². The summed E-state index contributed by atoms with van der Waals surface area (Å²) in [7, 11) is 3.18. The number of benzene rings is 2. The molecule has 29 heavy (non-hydrogen) atoms. The van der Waals surface area contributed by atoms with Crippen molar-refractivity contribution in [3.8, 4) is 22.6 Å². The summed E-state index contributed by atoms with van der Waals surface area (Å²) in [6, 6.07) is 12.6. The Hall–Kier alpha value is -3.28. The average molecular weight is 394 g/mol. The van der Waals surface area contributed by atoms with Crippen LogP contribution in [0.25, 0.3) is 22.0 Å². The van der Waals surface area contributed by atoms with Crippen LogP contribution in [0.15, 0.2) is 53.5 Å². The molecule has 3 aromatic rings. The number of fused-ring (bicyclic) bond motifs is 1. The van der Waals surface area contributed by atoms with Gasteiger partial charge in [-0.2, -0.15) is 0 Å². The Labute approximate surface area is 170 Å². The van der Waals surface area contributed by atoms with E-state index < -0.39 is 0 Å². The molecule has 0 spiro atoms. The number of amides is 1. The van der Waals surface area contributed by atoms with Crippen molar-refractivity contribution in [3.63, 3.8) is 0 Å². The molecule has 0 radical (unpaired) electrons. The summed E-state index contributed by atoms with van der Waals surface area (Å²) in [6.07, 6.45) is 1.76. The van der Waals surface area contributed by atoms with Gasteiger partial charge in [-0.05, 0) is 43.7 Å². The second-order valence-corrected chi connectivity index (χ2v) is 6.68. The largest absolute Gasteiger partial charge is 0.497 e. The van der Waals surface area contributed by atoms with Gasteiger partial charge in [0, 0.05) is 36.3 Å². The Morgan fingerprint density at radius 2 is 1.59 bits per heavy atom. The van der Waals surface area contributed by atoms with Gasteiger partial charge in [0.05, 0.1) is 19.7 Å². The number of nitrogens with zero attached hydrogens (tertiary/aromatic N) is 2. The first-order valence-corrected chi connectivity index (χ1v) is 9.65. The molecule has 0 atom stereocenters. The van der Waals surface area contributed by atoms with E-state index in [1.807, 2.05) is 42.7 Å². The molecule has 6 nitrogen and oxygen atoms in total. The fourth-order valence-electron chi connectivity index (χ4n) is 3.43. The van der Waals surface area contributed by atoms with Crippen LogP contribution in [0.1, 0.15) is 13.8 Å². The zero-order chi connectivity index (χ0) is 21.0. The SMILES string of the molecule is CCN(CC)C(=O)Cn1cc(-c2ccc(OC)cc2)c(=O)c2ccc(OC)cc21. The minimum Gasteiger partial charge on any atom is -0.497 e. The summed E-state index contributed by atoms with van der Waals surface area (Å²) in [4.78, 5) is 27.7. The highest BCUT2D eigenvalue weighted by molar-refractivity contribution is 5.87. The fourth-order valence-corrected chi connectivity index (χ4v) is 3.43. The zero-order valence-electron chi connectivity index (χ0n) is 17.3. The van der Waals surface area contributed by atoms with Crippen LogP contribution in [-0.2, 0) is 11.3 Å². The summed E-state index contributed by atoms with van der Waals surface area (Å²) in [5, 5.41) is 0.548. The summed E-state index contributed by atoms with van der Waals surface area (Å²) in [6.45, 7) is 5.34. The van der Waals surface area contributed by atoms with E-state index in [-0.39, 0.29) is 17.9 Å². The smallest absolute Gasteiger partial charge is 0.242 e. The molecule has 0 unspecified atom stereocenters. The minimum absolute atomic E-state index is 0.00319. The number of methoxy groups -OCH3 is 2. The number of rotatable bonds is 7. The molecule has 152 valence electrons. The zero-order valence-corrected chi connectivity index (χ0v) is 17.3. The topological polar surface area (TPSA) is 60.8 Å². The average Bonchev–Trinajstić information content (AvgIpc) is 2.76. The third-order valence-corrected chi connectivity index (χ3v) is 5.11. The predicted octanol–water partition coefficient (Wildman–Crippen LogP) is 3.55. The van der Waals surface area contributed by atoms with E-state index in [9.17, 15) is 9.59 Å². The molecule has 0 N–H and O–H groups in total. The Morgan fingerprint density at radius 1 is 0.966 bits per heavy atom. The van der Waals surface area contributed by atoms with Crippen LogP contribution in [0.5, 0.6) is 11.5 Å². The van der Waals surface area contributed by atoms with Gasteiger partial charge in [0.2, 0.25) is 5.91 Å². The van der Waals surface area contributed by atoms with Crippen LogP contribution in [0.2, 0.25) is 0 Å². The third-order valence-electron chi connectivity index (χ3n) is 5.11. The highest BCUT2D eigenvalue weighted by atomic mass is 16.5. The van der Waals surface area contributed by atoms with Gasteiger partial charge in [0.25, 0.3) is 0 Å². The lowest BCUT2D eigenvalue weighted by Crippen LogP contribution is -2.33. The molecule has 0 saturated carbocycles. The van der Waals surface area contributed by atoms with Gasteiger partial charge in [-0.25, -0.2) is 0 Å². The fraction of sp³-hybridized carbons (Fsp3) is 0.304. The highest BCUT2D eigenvalue weighted by Crippen LogP contribution is 2.25. The van der Waals surface area contributed by atoms with E-state index in [4.69, 9.17) is 9.47 Å². The van der Waals surface area contributed by atoms with Crippen LogP contribution in [0.4, 0.5) is 0 Å². The molecule has 6 heteroatoms. The van der Waals surface area contributed by atoms with Crippen LogP contribution in [-0.4, -0.2) is 42.7 Å². The van der Waals surface area contributed by atoms with Crippen LogP contribution in [0.3, 0.4) is 0 Å². The molecule has 2 aromatic carbocycles. The van der Waals surface area contributed by atoms with Crippen molar-refractivity contribution < 1.29 is 14.3 Å². The minimum atomic E-state index is -0.0839. The second kappa shape index (κ2) is 8.82. The molecule has 1 aromatic heterocycles. The first-order valence-electron chi connectivity index (χ1n) is 9.65. The van der Waals surface area contributed by atoms with E-state index in [1.54, 1.807) is 43.5 Å². The molecule has 3 rings (SSSR count). The predicted molar refractivity (Wildman–Crippen MR) is 115 cm³/mol. The molecular weight excluding hydrogens is 368 g/mol. The van der Waals surface area contributed by atoms with Gasteiger partial charge < -0.3 is 18.9 Å². The van der Waals surface area contributed by atoms with Crippen LogP contribution in [0, 0.1) is 0 Å². The molecule has 0 aliphatic carbocycles. The van der Waals surface area contributed by atoms with Crippen LogP contribution < -0.4 is 14.9 Å². The van der Waals surface area contributed by atoms with Crippen molar-refractivity contribution in [3.05, 3.63) is 58.9 Å². The highest BCUT2D eigenvalue weighted by Gasteiger charge is 2.16. The quantitative estimate of drug-likeness (QED) is 0.615. The van der Waals surface area contributed by atoms with Crippen molar-refractivity contribution in [2.45, 2.75) is 20.4 Å². The third kappa shape index (κ3) is 4.11. The molecule has 0 aliphatic rings. The lowest BCUT2D eigenvalue weighted by atomic mass is 10.0.